The van der Waals surface area contributed by atoms with Gasteiger partial charge in [0.1, 0.15) is 16.7 Å². The van der Waals surface area contributed by atoms with Crippen molar-refractivity contribution in [1.29, 1.82) is 0 Å². The van der Waals surface area contributed by atoms with E-state index >= 15 is 0 Å². The molecule has 0 atom stereocenters. The lowest BCUT2D eigenvalue weighted by Gasteiger charge is -2.40. The SMILES string of the molecule is CCCCCCCCCCCC[N+](CCCCCCCCCCCC)(CCCCCCCCCCCC)Cc1ccccc1S(=O)(=O)[O-]. The zero-order valence-corrected chi connectivity index (χ0v) is 33.2. The zero-order chi connectivity index (χ0) is 35.0. The van der Waals surface area contributed by atoms with Gasteiger partial charge in [0.15, 0.2) is 0 Å². The van der Waals surface area contributed by atoms with Gasteiger partial charge in [-0.1, -0.05) is 193 Å². The molecule has 0 saturated heterocycles. The van der Waals surface area contributed by atoms with E-state index in [1.54, 1.807) is 6.07 Å². The van der Waals surface area contributed by atoms with Crippen LogP contribution in [0.5, 0.6) is 0 Å². The van der Waals surface area contributed by atoms with E-state index in [1.165, 1.54) is 199 Å². The van der Waals surface area contributed by atoms with Gasteiger partial charge in [0.25, 0.3) is 0 Å². The van der Waals surface area contributed by atoms with Crippen LogP contribution in [0.1, 0.15) is 219 Å². The Morgan fingerprint density at radius 1 is 0.438 bits per heavy atom. The molecule has 5 heteroatoms. The van der Waals surface area contributed by atoms with Gasteiger partial charge in [-0.2, -0.15) is 0 Å². The molecule has 0 saturated carbocycles. The number of nitrogens with zero attached hydrogens (tertiary/aromatic N) is 1. The first-order valence-electron chi connectivity index (χ1n) is 21.3. The van der Waals surface area contributed by atoms with E-state index in [4.69, 9.17) is 0 Å². The Balaban J connectivity index is 2.85. The van der Waals surface area contributed by atoms with E-state index in [1.807, 2.05) is 12.1 Å². The molecule has 1 rings (SSSR count). The van der Waals surface area contributed by atoms with Crippen molar-refractivity contribution in [2.75, 3.05) is 19.6 Å². The van der Waals surface area contributed by atoms with Gasteiger partial charge in [0.2, 0.25) is 0 Å². The van der Waals surface area contributed by atoms with Crippen LogP contribution in [0, 0.1) is 0 Å². The summed E-state index contributed by atoms with van der Waals surface area (Å²) in [7, 11) is -4.50. The third kappa shape index (κ3) is 24.3. The fraction of sp³-hybridized carbons (Fsp3) is 0.860. The van der Waals surface area contributed by atoms with Crippen LogP contribution in [0.4, 0.5) is 0 Å². The normalized spacial score (nSPS) is 12.2. The first-order valence-corrected chi connectivity index (χ1v) is 22.7. The van der Waals surface area contributed by atoms with E-state index in [0.29, 0.717) is 6.54 Å². The maximum absolute atomic E-state index is 12.3. The summed E-state index contributed by atoms with van der Waals surface area (Å²) < 4.78 is 37.9. The fourth-order valence-electron chi connectivity index (χ4n) is 7.62. The van der Waals surface area contributed by atoms with Crippen LogP contribution in [0.2, 0.25) is 0 Å². The lowest BCUT2D eigenvalue weighted by atomic mass is 10.0. The Bertz CT molecular complexity index is 887. The van der Waals surface area contributed by atoms with E-state index in [0.717, 1.165) is 29.7 Å². The Morgan fingerprint density at radius 3 is 1.00 bits per heavy atom. The third-order valence-electron chi connectivity index (χ3n) is 10.7. The predicted octanol–water partition coefficient (Wildman–Crippen LogP) is 13.7. The Hall–Kier alpha value is -0.910. The first kappa shape index (κ1) is 45.1. The number of unbranched alkanes of at least 4 members (excludes halogenated alkanes) is 27. The van der Waals surface area contributed by atoms with Gasteiger partial charge in [-0.3, -0.25) is 0 Å². The lowest BCUT2D eigenvalue weighted by molar-refractivity contribution is -0.941. The number of hydrogen-bond donors (Lipinski definition) is 0. The highest BCUT2D eigenvalue weighted by Crippen LogP contribution is 2.26. The smallest absolute Gasteiger partial charge is 0.124 e. The number of benzene rings is 1. The van der Waals surface area contributed by atoms with Gasteiger partial charge in [0.05, 0.1) is 24.5 Å². The average Bonchev–Trinajstić information content (AvgIpc) is 3.07. The topological polar surface area (TPSA) is 57.2 Å². The van der Waals surface area contributed by atoms with Crippen molar-refractivity contribution >= 4 is 10.1 Å². The van der Waals surface area contributed by atoms with Crippen LogP contribution >= 0.6 is 0 Å². The Kier molecular flexibility index (Phi) is 29.0. The standard InChI is InChI=1S/C43H81NO3S/c1-4-7-10-13-16-19-22-25-28-33-38-44(39-34-29-26-23-20-17-14-11-8-5-2,40-35-30-27-24-21-18-15-12-9-6-3)41-42-36-31-32-37-43(42)48(45,46)47/h31-32,36-37H,4-30,33-35,38-41H2,1-3H3. The van der Waals surface area contributed by atoms with Gasteiger partial charge in [-0.15, -0.1) is 0 Å². The summed E-state index contributed by atoms with van der Waals surface area (Å²) >= 11 is 0. The molecule has 4 nitrogen and oxygen atoms in total. The van der Waals surface area contributed by atoms with Gasteiger partial charge < -0.3 is 9.04 Å². The number of hydrogen-bond acceptors (Lipinski definition) is 3. The average molecular weight is 692 g/mol. The maximum Gasteiger partial charge on any atom is 0.124 e. The lowest BCUT2D eigenvalue weighted by Crippen LogP contribution is -2.49. The molecule has 0 aliphatic heterocycles. The third-order valence-corrected chi connectivity index (χ3v) is 11.6. The van der Waals surface area contributed by atoms with E-state index in [9.17, 15) is 13.0 Å². The molecule has 0 N–H and O–H groups in total. The molecule has 48 heavy (non-hydrogen) atoms. The summed E-state index contributed by atoms with van der Waals surface area (Å²) in [5, 5.41) is 0. The van der Waals surface area contributed by atoms with Crippen LogP contribution in [0.25, 0.3) is 0 Å². The van der Waals surface area contributed by atoms with E-state index < -0.39 is 10.1 Å². The number of quaternary nitrogens is 1. The monoisotopic (exact) mass is 692 g/mol. The molecule has 0 spiro atoms. The van der Waals surface area contributed by atoms with Crippen LogP contribution in [-0.4, -0.2) is 37.1 Å². The molecule has 1 aromatic carbocycles. The van der Waals surface area contributed by atoms with Gasteiger partial charge in [-0.25, -0.2) is 8.42 Å². The quantitative estimate of drug-likeness (QED) is 0.0400. The molecule has 1 aromatic rings. The summed E-state index contributed by atoms with van der Waals surface area (Å²) in [5.74, 6) is 0. The van der Waals surface area contributed by atoms with Gasteiger partial charge in [-0.05, 0) is 44.6 Å². The zero-order valence-electron chi connectivity index (χ0n) is 32.4. The molecule has 0 aliphatic carbocycles. The summed E-state index contributed by atoms with van der Waals surface area (Å²) in [4.78, 5) is 0.00159. The highest BCUT2D eigenvalue weighted by Gasteiger charge is 2.28. The van der Waals surface area contributed by atoms with E-state index in [-0.39, 0.29) is 4.90 Å². The molecule has 0 radical (unpaired) electrons. The predicted molar refractivity (Wildman–Crippen MR) is 209 cm³/mol. The molecule has 0 bridgehead atoms. The van der Waals surface area contributed by atoms with Crippen LogP contribution < -0.4 is 0 Å². The summed E-state index contributed by atoms with van der Waals surface area (Å²) in [6.07, 6.45) is 39.8. The maximum atomic E-state index is 12.3. The fourth-order valence-corrected chi connectivity index (χ4v) is 8.32. The molecule has 0 amide bonds. The minimum atomic E-state index is -4.50. The molecule has 282 valence electrons. The van der Waals surface area contributed by atoms with Crippen LogP contribution in [0.15, 0.2) is 29.2 Å². The minimum absolute atomic E-state index is 0.00159. The highest BCUT2D eigenvalue weighted by molar-refractivity contribution is 7.85. The van der Waals surface area contributed by atoms with Crippen molar-refractivity contribution in [3.05, 3.63) is 29.8 Å². The molecular weight excluding hydrogens is 611 g/mol. The second-order valence-electron chi connectivity index (χ2n) is 15.3. The molecule has 0 fully saturated rings. The van der Waals surface area contributed by atoms with Crippen molar-refractivity contribution in [2.45, 2.75) is 225 Å². The van der Waals surface area contributed by atoms with Crippen molar-refractivity contribution in [1.82, 2.24) is 0 Å². The Morgan fingerprint density at radius 2 is 0.708 bits per heavy atom. The van der Waals surface area contributed by atoms with Crippen molar-refractivity contribution in [2.24, 2.45) is 0 Å². The minimum Gasteiger partial charge on any atom is -0.744 e. The van der Waals surface area contributed by atoms with Crippen molar-refractivity contribution in [3.8, 4) is 0 Å². The van der Waals surface area contributed by atoms with Crippen LogP contribution in [-0.2, 0) is 16.7 Å². The molecule has 0 unspecified atom stereocenters. The highest BCUT2D eigenvalue weighted by atomic mass is 32.2. The molecule has 0 aromatic heterocycles. The van der Waals surface area contributed by atoms with Crippen molar-refractivity contribution < 1.29 is 17.5 Å². The van der Waals surface area contributed by atoms with E-state index in [2.05, 4.69) is 20.8 Å². The van der Waals surface area contributed by atoms with Gasteiger partial charge >= 0.3 is 0 Å². The Labute approximate surface area is 301 Å². The first-order chi connectivity index (χ1) is 23.4. The molecular formula is C43H81NO3S. The molecule has 0 aliphatic rings. The second-order valence-corrected chi connectivity index (χ2v) is 16.6. The van der Waals surface area contributed by atoms with Gasteiger partial charge in [0, 0.05) is 5.56 Å². The van der Waals surface area contributed by atoms with Crippen molar-refractivity contribution in [3.63, 3.8) is 0 Å². The second kappa shape index (κ2) is 30.9. The summed E-state index contributed by atoms with van der Waals surface area (Å²) in [6, 6.07) is 7.07. The molecule has 0 heterocycles. The summed E-state index contributed by atoms with van der Waals surface area (Å²) in [5.41, 5.74) is 0.735. The summed E-state index contributed by atoms with van der Waals surface area (Å²) in [6.45, 7) is 10.8. The number of rotatable bonds is 36. The van der Waals surface area contributed by atoms with Crippen LogP contribution in [0.3, 0.4) is 0 Å². The largest absolute Gasteiger partial charge is 0.744 e.